The molecule has 2 aromatic rings. The lowest BCUT2D eigenvalue weighted by molar-refractivity contribution is 0.0598. The summed E-state index contributed by atoms with van der Waals surface area (Å²) in [5.41, 5.74) is 8.65. The second-order valence-electron chi connectivity index (χ2n) is 4.55. The van der Waals surface area contributed by atoms with Crippen molar-refractivity contribution >= 4 is 11.7 Å². The van der Waals surface area contributed by atoms with Crippen LogP contribution in [0, 0.1) is 13.8 Å². The SMILES string of the molecule is COC(=O)c1cc(N)ccc1Oc1cccc(C)c1C. The van der Waals surface area contributed by atoms with E-state index in [2.05, 4.69) is 0 Å². The highest BCUT2D eigenvalue weighted by Crippen LogP contribution is 2.30. The van der Waals surface area contributed by atoms with Crippen LogP contribution in [0.15, 0.2) is 36.4 Å². The third kappa shape index (κ3) is 2.74. The standard InChI is InChI=1S/C16H17NO3/c1-10-5-4-6-14(11(10)2)20-15-8-7-12(17)9-13(15)16(18)19-3/h4-9H,17H2,1-3H3. The number of nitrogen functional groups attached to an aromatic ring is 1. The van der Waals surface area contributed by atoms with Crippen LogP contribution in [0.1, 0.15) is 21.5 Å². The Bertz CT molecular complexity index is 650. The minimum absolute atomic E-state index is 0.313. The van der Waals surface area contributed by atoms with Crippen molar-refractivity contribution in [1.82, 2.24) is 0 Å². The zero-order valence-electron chi connectivity index (χ0n) is 11.8. The minimum atomic E-state index is -0.474. The Morgan fingerprint density at radius 1 is 1.10 bits per heavy atom. The largest absolute Gasteiger partial charge is 0.465 e. The van der Waals surface area contributed by atoms with Crippen LogP contribution in [-0.2, 0) is 4.74 Å². The molecule has 0 saturated carbocycles. The van der Waals surface area contributed by atoms with E-state index >= 15 is 0 Å². The highest BCUT2D eigenvalue weighted by Gasteiger charge is 2.15. The van der Waals surface area contributed by atoms with Gasteiger partial charge in [0.05, 0.1) is 7.11 Å². The van der Waals surface area contributed by atoms with Gasteiger partial charge < -0.3 is 15.2 Å². The van der Waals surface area contributed by atoms with E-state index in [1.807, 2.05) is 32.0 Å². The van der Waals surface area contributed by atoms with E-state index in [1.54, 1.807) is 18.2 Å². The van der Waals surface area contributed by atoms with Gasteiger partial charge in [0.25, 0.3) is 0 Å². The number of esters is 1. The molecule has 0 aliphatic heterocycles. The minimum Gasteiger partial charge on any atom is -0.465 e. The summed E-state index contributed by atoms with van der Waals surface area (Å²) in [5.74, 6) is 0.664. The molecule has 0 fully saturated rings. The molecule has 4 heteroatoms. The fourth-order valence-corrected chi connectivity index (χ4v) is 1.86. The molecule has 0 aromatic heterocycles. The van der Waals surface area contributed by atoms with Gasteiger partial charge in [-0.15, -0.1) is 0 Å². The van der Waals surface area contributed by atoms with E-state index < -0.39 is 5.97 Å². The molecule has 2 aromatic carbocycles. The molecule has 2 N–H and O–H groups in total. The highest BCUT2D eigenvalue weighted by atomic mass is 16.5. The van der Waals surface area contributed by atoms with Crippen molar-refractivity contribution in [3.63, 3.8) is 0 Å². The van der Waals surface area contributed by atoms with Crippen molar-refractivity contribution in [2.45, 2.75) is 13.8 Å². The van der Waals surface area contributed by atoms with Crippen LogP contribution in [0.2, 0.25) is 0 Å². The van der Waals surface area contributed by atoms with Crippen LogP contribution in [0.25, 0.3) is 0 Å². The van der Waals surface area contributed by atoms with Crippen LogP contribution in [0.5, 0.6) is 11.5 Å². The second kappa shape index (κ2) is 5.65. The maximum absolute atomic E-state index is 11.8. The van der Waals surface area contributed by atoms with Crippen LogP contribution in [0.4, 0.5) is 5.69 Å². The number of hydrogen-bond donors (Lipinski definition) is 1. The van der Waals surface area contributed by atoms with E-state index in [-0.39, 0.29) is 0 Å². The summed E-state index contributed by atoms with van der Waals surface area (Å²) in [7, 11) is 1.33. The highest BCUT2D eigenvalue weighted by molar-refractivity contribution is 5.93. The number of aryl methyl sites for hydroxylation is 1. The van der Waals surface area contributed by atoms with Crippen LogP contribution in [-0.4, -0.2) is 13.1 Å². The Kier molecular flexibility index (Phi) is 3.94. The molecule has 20 heavy (non-hydrogen) atoms. The summed E-state index contributed by atoms with van der Waals surface area (Å²) in [6.45, 7) is 3.98. The van der Waals surface area contributed by atoms with E-state index in [1.165, 1.54) is 7.11 Å². The predicted octanol–water partition coefficient (Wildman–Crippen LogP) is 3.46. The molecule has 0 bridgehead atoms. The zero-order chi connectivity index (χ0) is 14.7. The Balaban J connectivity index is 2.43. The monoisotopic (exact) mass is 271 g/mol. The molecular weight excluding hydrogens is 254 g/mol. The number of methoxy groups -OCH3 is 1. The van der Waals surface area contributed by atoms with Gasteiger partial charge in [-0.05, 0) is 49.2 Å². The van der Waals surface area contributed by atoms with Crippen molar-refractivity contribution in [3.8, 4) is 11.5 Å². The summed E-state index contributed by atoms with van der Waals surface area (Å²) in [6, 6.07) is 10.7. The molecule has 4 nitrogen and oxygen atoms in total. The molecular formula is C16H17NO3. The van der Waals surface area contributed by atoms with Gasteiger partial charge in [-0.3, -0.25) is 0 Å². The summed E-state index contributed by atoms with van der Waals surface area (Å²) in [6.07, 6.45) is 0. The fourth-order valence-electron chi connectivity index (χ4n) is 1.86. The van der Waals surface area contributed by atoms with Gasteiger partial charge in [0.1, 0.15) is 17.1 Å². The summed E-state index contributed by atoms with van der Waals surface area (Å²) >= 11 is 0. The molecule has 104 valence electrons. The van der Waals surface area contributed by atoms with E-state index in [4.69, 9.17) is 15.2 Å². The Morgan fingerprint density at radius 2 is 1.85 bits per heavy atom. The number of anilines is 1. The van der Waals surface area contributed by atoms with E-state index in [0.717, 1.165) is 11.1 Å². The van der Waals surface area contributed by atoms with Crippen LogP contribution < -0.4 is 10.5 Å². The van der Waals surface area contributed by atoms with Crippen molar-refractivity contribution in [3.05, 3.63) is 53.1 Å². The quantitative estimate of drug-likeness (QED) is 0.686. The van der Waals surface area contributed by atoms with E-state index in [9.17, 15) is 4.79 Å². The summed E-state index contributed by atoms with van der Waals surface area (Å²) in [5, 5.41) is 0. The van der Waals surface area contributed by atoms with Gasteiger partial charge in [-0.1, -0.05) is 12.1 Å². The topological polar surface area (TPSA) is 61.5 Å². The zero-order valence-corrected chi connectivity index (χ0v) is 11.8. The number of nitrogens with two attached hydrogens (primary N) is 1. The van der Waals surface area contributed by atoms with Gasteiger partial charge in [0.15, 0.2) is 0 Å². The molecule has 0 atom stereocenters. The van der Waals surface area contributed by atoms with Crippen molar-refractivity contribution in [1.29, 1.82) is 0 Å². The van der Waals surface area contributed by atoms with Gasteiger partial charge in [0, 0.05) is 5.69 Å². The van der Waals surface area contributed by atoms with E-state index in [0.29, 0.717) is 22.7 Å². The van der Waals surface area contributed by atoms with Crippen molar-refractivity contribution < 1.29 is 14.3 Å². The van der Waals surface area contributed by atoms with Crippen molar-refractivity contribution in [2.24, 2.45) is 0 Å². The third-order valence-corrected chi connectivity index (χ3v) is 3.18. The predicted molar refractivity (Wildman–Crippen MR) is 78.2 cm³/mol. The average Bonchev–Trinajstić information content (AvgIpc) is 2.44. The third-order valence-electron chi connectivity index (χ3n) is 3.18. The number of carbonyl (C=O) groups excluding carboxylic acids is 1. The van der Waals surface area contributed by atoms with Gasteiger partial charge in [-0.2, -0.15) is 0 Å². The first kappa shape index (κ1) is 13.9. The summed E-state index contributed by atoms with van der Waals surface area (Å²) < 4.78 is 10.6. The lowest BCUT2D eigenvalue weighted by Crippen LogP contribution is -2.05. The first-order valence-electron chi connectivity index (χ1n) is 6.25. The Hall–Kier alpha value is -2.49. The fraction of sp³-hybridized carbons (Fsp3) is 0.188. The lowest BCUT2D eigenvalue weighted by Gasteiger charge is -2.13. The first-order valence-corrected chi connectivity index (χ1v) is 6.25. The number of carbonyl (C=O) groups is 1. The number of benzene rings is 2. The van der Waals surface area contributed by atoms with Crippen molar-refractivity contribution in [2.75, 3.05) is 12.8 Å². The second-order valence-corrected chi connectivity index (χ2v) is 4.55. The molecule has 0 aliphatic rings. The maximum Gasteiger partial charge on any atom is 0.341 e. The first-order chi connectivity index (χ1) is 9.52. The lowest BCUT2D eigenvalue weighted by atomic mass is 10.1. The summed E-state index contributed by atoms with van der Waals surface area (Å²) in [4.78, 5) is 11.8. The molecule has 0 radical (unpaired) electrons. The molecule has 0 spiro atoms. The molecule has 0 amide bonds. The molecule has 2 rings (SSSR count). The van der Waals surface area contributed by atoms with Crippen LogP contribution >= 0.6 is 0 Å². The molecule has 0 saturated heterocycles. The smallest absolute Gasteiger partial charge is 0.341 e. The number of hydrogen-bond acceptors (Lipinski definition) is 4. The Labute approximate surface area is 118 Å². The Morgan fingerprint density at radius 3 is 2.55 bits per heavy atom. The number of ether oxygens (including phenoxy) is 2. The van der Waals surface area contributed by atoms with Gasteiger partial charge >= 0.3 is 5.97 Å². The van der Waals surface area contributed by atoms with Gasteiger partial charge in [0.2, 0.25) is 0 Å². The normalized spacial score (nSPS) is 10.2. The molecule has 0 heterocycles. The van der Waals surface area contributed by atoms with Gasteiger partial charge in [-0.25, -0.2) is 4.79 Å². The molecule has 0 aliphatic carbocycles. The average molecular weight is 271 g/mol. The van der Waals surface area contributed by atoms with Crippen LogP contribution in [0.3, 0.4) is 0 Å². The maximum atomic E-state index is 11.8. The number of rotatable bonds is 3. The molecule has 0 unspecified atom stereocenters.